The normalized spacial score (nSPS) is 11.7. The minimum atomic E-state index is -0.586. The van der Waals surface area contributed by atoms with Crippen LogP contribution in [-0.4, -0.2) is 39.4 Å². The van der Waals surface area contributed by atoms with E-state index >= 15 is 0 Å². The van der Waals surface area contributed by atoms with E-state index in [1.165, 1.54) is 11.8 Å². The summed E-state index contributed by atoms with van der Waals surface area (Å²) in [7, 11) is 0. The average molecular weight is 648 g/mol. The molecule has 40 heavy (non-hydrogen) atoms. The number of aromatic nitrogens is 3. The Balaban J connectivity index is 1.65. The van der Waals surface area contributed by atoms with Gasteiger partial charge < -0.3 is 14.2 Å². The van der Waals surface area contributed by atoms with Crippen molar-refractivity contribution < 1.29 is 19.1 Å². The summed E-state index contributed by atoms with van der Waals surface area (Å²) < 4.78 is 20.0. The second-order valence-corrected chi connectivity index (χ2v) is 11.1. The molecular weight excluding hydrogens is 620 g/mol. The predicted octanol–water partition coefficient (Wildman–Crippen LogP) is 7.48. The zero-order chi connectivity index (χ0) is 28.6. The summed E-state index contributed by atoms with van der Waals surface area (Å²) in [6.45, 7) is 6.53. The maximum atomic E-state index is 11.7. The van der Waals surface area contributed by atoms with Gasteiger partial charge in [0, 0.05) is 15.6 Å². The minimum Gasteiger partial charge on any atom is -0.494 e. The summed E-state index contributed by atoms with van der Waals surface area (Å²) in [5.41, 5.74) is 2.41. The van der Waals surface area contributed by atoms with E-state index in [0.29, 0.717) is 50.8 Å². The second-order valence-electron chi connectivity index (χ2n) is 8.60. The summed E-state index contributed by atoms with van der Waals surface area (Å²) in [5.74, 6) is 2.40. The highest BCUT2D eigenvalue weighted by Gasteiger charge is 2.26. The number of rotatable bonds is 13. The fourth-order valence-corrected chi connectivity index (χ4v) is 5.95. The molecule has 0 N–H and O–H groups in total. The first-order valence-electron chi connectivity index (χ1n) is 12.6. The van der Waals surface area contributed by atoms with Crippen molar-refractivity contribution in [2.24, 2.45) is 0 Å². The van der Waals surface area contributed by atoms with E-state index in [4.69, 9.17) is 25.8 Å². The average Bonchev–Trinajstić information content (AvgIpc) is 3.28. The highest BCUT2D eigenvalue weighted by molar-refractivity contribution is 9.10. The summed E-state index contributed by atoms with van der Waals surface area (Å²) in [4.78, 5) is 11.4. The van der Waals surface area contributed by atoms with Crippen LogP contribution < -0.4 is 14.2 Å². The van der Waals surface area contributed by atoms with Gasteiger partial charge in [-0.25, -0.2) is 0 Å². The molecule has 12 heteroatoms. The first kappa shape index (κ1) is 29.7. The largest absolute Gasteiger partial charge is 0.494 e. The van der Waals surface area contributed by atoms with E-state index in [1.54, 1.807) is 12.1 Å². The van der Waals surface area contributed by atoms with Crippen molar-refractivity contribution in [1.82, 2.24) is 14.8 Å². The molecule has 1 aromatic heterocycles. The third-order valence-corrected chi connectivity index (χ3v) is 7.74. The Kier molecular flexibility index (Phi) is 10.3. The van der Waals surface area contributed by atoms with E-state index in [0.717, 1.165) is 17.0 Å². The molecule has 0 saturated carbocycles. The van der Waals surface area contributed by atoms with Crippen molar-refractivity contribution in [2.45, 2.75) is 37.8 Å². The van der Waals surface area contributed by atoms with E-state index in [1.807, 2.05) is 73.9 Å². The van der Waals surface area contributed by atoms with E-state index in [9.17, 15) is 10.1 Å². The van der Waals surface area contributed by atoms with Gasteiger partial charge in [-0.1, -0.05) is 35.5 Å². The number of hydrogen-bond donors (Lipinski definition) is 0. The molecule has 0 fully saturated rings. The number of halogens is 2. The SMILES string of the molecule is CCOc1ccc(-n2c(C)nnc2S[C@H](C[N+](=O)[O-])c2cc(Br)c(OCc3cccc(Cl)c3)c(OCC)c2)cc1. The molecule has 210 valence electrons. The van der Waals surface area contributed by atoms with Gasteiger partial charge in [-0.15, -0.1) is 10.2 Å². The molecule has 1 atom stereocenters. The maximum absolute atomic E-state index is 11.7. The number of nitro groups is 1. The van der Waals surface area contributed by atoms with Gasteiger partial charge in [0.1, 0.15) is 23.4 Å². The molecule has 4 aromatic rings. The Morgan fingerprint density at radius 3 is 2.48 bits per heavy atom. The number of ether oxygens (including phenoxy) is 3. The number of aryl methyl sites for hydroxylation is 1. The topological polar surface area (TPSA) is 102 Å². The van der Waals surface area contributed by atoms with Crippen molar-refractivity contribution in [2.75, 3.05) is 19.8 Å². The third kappa shape index (κ3) is 7.47. The molecule has 0 aliphatic heterocycles. The van der Waals surface area contributed by atoms with E-state index < -0.39 is 5.25 Å². The molecule has 1 heterocycles. The molecule has 0 aliphatic rings. The van der Waals surface area contributed by atoms with Crippen LogP contribution in [0.15, 0.2) is 70.3 Å². The van der Waals surface area contributed by atoms with Gasteiger partial charge in [-0.2, -0.15) is 0 Å². The molecule has 0 saturated heterocycles. The lowest BCUT2D eigenvalue weighted by Crippen LogP contribution is -2.12. The van der Waals surface area contributed by atoms with Gasteiger partial charge >= 0.3 is 0 Å². The molecule has 3 aromatic carbocycles. The van der Waals surface area contributed by atoms with E-state index in [2.05, 4.69) is 26.1 Å². The van der Waals surface area contributed by atoms with Crippen LogP contribution in [0.25, 0.3) is 5.69 Å². The van der Waals surface area contributed by atoms with Gasteiger partial charge in [0.15, 0.2) is 16.7 Å². The third-order valence-electron chi connectivity index (χ3n) is 5.74. The summed E-state index contributed by atoms with van der Waals surface area (Å²) in [6, 6.07) is 18.6. The van der Waals surface area contributed by atoms with Crippen molar-refractivity contribution >= 4 is 39.3 Å². The lowest BCUT2D eigenvalue weighted by Gasteiger charge is -2.19. The summed E-state index contributed by atoms with van der Waals surface area (Å²) in [5, 5.41) is 20.9. The van der Waals surface area contributed by atoms with Gasteiger partial charge in [-0.3, -0.25) is 14.7 Å². The second kappa shape index (κ2) is 13.9. The quantitative estimate of drug-likeness (QED) is 0.0837. The molecular formula is C28H28BrClN4O5S. The van der Waals surface area contributed by atoms with Crippen LogP contribution in [0.4, 0.5) is 0 Å². The lowest BCUT2D eigenvalue weighted by atomic mass is 10.1. The minimum absolute atomic E-state index is 0.274. The predicted molar refractivity (Wildman–Crippen MR) is 159 cm³/mol. The van der Waals surface area contributed by atoms with Crippen molar-refractivity contribution in [3.8, 4) is 22.9 Å². The molecule has 0 bridgehead atoms. The molecule has 0 spiro atoms. The van der Waals surface area contributed by atoms with Crippen LogP contribution >= 0.6 is 39.3 Å². The van der Waals surface area contributed by atoms with Crippen molar-refractivity contribution in [3.05, 3.63) is 97.2 Å². The fourth-order valence-electron chi connectivity index (χ4n) is 4.01. The fraction of sp³-hybridized carbons (Fsp3) is 0.286. The van der Waals surface area contributed by atoms with Crippen LogP contribution in [0, 0.1) is 17.0 Å². The Labute approximate surface area is 250 Å². The maximum Gasteiger partial charge on any atom is 0.220 e. The number of hydrogen-bond acceptors (Lipinski definition) is 8. The molecule has 0 unspecified atom stereocenters. The van der Waals surface area contributed by atoms with Gasteiger partial charge in [0.05, 0.1) is 17.7 Å². The lowest BCUT2D eigenvalue weighted by molar-refractivity contribution is -0.479. The van der Waals surface area contributed by atoms with E-state index in [-0.39, 0.29) is 18.1 Å². The van der Waals surface area contributed by atoms with Gasteiger partial charge in [-0.05, 0) is 96.4 Å². The zero-order valence-electron chi connectivity index (χ0n) is 22.2. The first-order valence-corrected chi connectivity index (χ1v) is 14.6. The summed E-state index contributed by atoms with van der Waals surface area (Å²) >= 11 is 11.0. The van der Waals surface area contributed by atoms with Crippen molar-refractivity contribution in [3.63, 3.8) is 0 Å². The molecule has 4 rings (SSSR count). The van der Waals surface area contributed by atoms with Crippen LogP contribution in [-0.2, 0) is 6.61 Å². The van der Waals surface area contributed by atoms with Crippen molar-refractivity contribution in [1.29, 1.82) is 0 Å². The van der Waals surface area contributed by atoms with Gasteiger partial charge in [0.25, 0.3) is 0 Å². The van der Waals surface area contributed by atoms with Gasteiger partial charge in [0.2, 0.25) is 6.54 Å². The molecule has 9 nitrogen and oxygen atoms in total. The number of nitrogens with zero attached hydrogens (tertiary/aromatic N) is 4. The highest BCUT2D eigenvalue weighted by Crippen LogP contribution is 2.43. The standard InChI is InChI=1S/C28H28BrClN4O5S/c1-4-37-23-11-9-22(10-12-23)34-18(3)31-32-28(34)40-26(16-33(35)36)20-14-24(29)27(25(15-20)38-5-2)39-17-19-7-6-8-21(30)13-19/h6-15,26H,4-5,16-17H2,1-3H3/t26-/m1/s1. The monoisotopic (exact) mass is 646 g/mol. The molecule has 0 radical (unpaired) electrons. The highest BCUT2D eigenvalue weighted by atomic mass is 79.9. The van der Waals surface area contributed by atoms with Crippen LogP contribution in [0.3, 0.4) is 0 Å². The number of thioether (sulfide) groups is 1. The van der Waals surface area contributed by atoms with Crippen LogP contribution in [0.2, 0.25) is 5.02 Å². The van der Waals surface area contributed by atoms with Crippen LogP contribution in [0.1, 0.15) is 36.0 Å². The zero-order valence-corrected chi connectivity index (χ0v) is 25.3. The smallest absolute Gasteiger partial charge is 0.220 e. The molecule has 0 aliphatic carbocycles. The Bertz CT molecular complexity index is 1470. The Morgan fingerprint density at radius 1 is 1.05 bits per heavy atom. The van der Waals surface area contributed by atoms with Crippen LogP contribution in [0.5, 0.6) is 17.2 Å². The Hall–Kier alpha value is -3.28. The summed E-state index contributed by atoms with van der Waals surface area (Å²) in [6.07, 6.45) is 0. The molecule has 0 amide bonds. The first-order chi connectivity index (χ1) is 19.3. The number of benzene rings is 3. The Morgan fingerprint density at radius 2 is 1.80 bits per heavy atom.